The summed E-state index contributed by atoms with van der Waals surface area (Å²) in [6, 6.07) is 7.33. The third-order valence-electron chi connectivity index (χ3n) is 3.59. The first-order valence-corrected chi connectivity index (χ1v) is 7.68. The molecule has 0 aromatic heterocycles. The van der Waals surface area contributed by atoms with E-state index in [4.69, 9.17) is 11.6 Å². The van der Waals surface area contributed by atoms with E-state index in [0.717, 1.165) is 29.1 Å². The van der Waals surface area contributed by atoms with Crippen LogP contribution in [0.25, 0.3) is 0 Å². The molecule has 1 aliphatic heterocycles. The highest BCUT2D eigenvalue weighted by molar-refractivity contribution is 9.10. The molecule has 1 N–H and O–H groups in total. The Balaban J connectivity index is 2.10. The van der Waals surface area contributed by atoms with Gasteiger partial charge in [-0.1, -0.05) is 40.5 Å². The van der Waals surface area contributed by atoms with Crippen molar-refractivity contribution in [1.82, 2.24) is 10.2 Å². The highest BCUT2D eigenvalue weighted by atomic mass is 79.9. The Bertz CT molecular complexity index is 411. The fourth-order valence-electron chi connectivity index (χ4n) is 2.50. The Morgan fingerprint density at radius 1 is 1.50 bits per heavy atom. The van der Waals surface area contributed by atoms with Crippen molar-refractivity contribution >= 4 is 27.5 Å². The summed E-state index contributed by atoms with van der Waals surface area (Å²) in [4.78, 5) is 2.54. The van der Waals surface area contributed by atoms with Gasteiger partial charge in [0.05, 0.1) is 0 Å². The number of piperazine rings is 1. The van der Waals surface area contributed by atoms with Crippen LogP contribution in [0.1, 0.15) is 25.8 Å². The van der Waals surface area contributed by atoms with Crippen molar-refractivity contribution in [3.63, 3.8) is 0 Å². The molecular formula is C14H20BrClN2. The molecule has 0 spiro atoms. The highest BCUT2D eigenvalue weighted by Gasteiger charge is 2.24. The molecule has 2 nitrogen and oxygen atoms in total. The van der Waals surface area contributed by atoms with Crippen LogP contribution in [0.3, 0.4) is 0 Å². The molecule has 0 radical (unpaired) electrons. The van der Waals surface area contributed by atoms with Crippen molar-refractivity contribution < 1.29 is 0 Å². The van der Waals surface area contributed by atoms with Crippen molar-refractivity contribution in [3.05, 3.63) is 33.3 Å². The lowest BCUT2D eigenvalue weighted by molar-refractivity contribution is 0.124. The first kappa shape index (κ1) is 14.3. The van der Waals surface area contributed by atoms with Crippen molar-refractivity contribution in [2.75, 3.05) is 13.1 Å². The molecule has 100 valence electrons. The van der Waals surface area contributed by atoms with E-state index in [1.54, 1.807) is 0 Å². The lowest BCUT2D eigenvalue weighted by Gasteiger charge is -2.39. The minimum Gasteiger partial charge on any atom is -0.311 e. The maximum Gasteiger partial charge on any atom is 0.0462 e. The largest absolute Gasteiger partial charge is 0.311 e. The second-order valence-electron chi connectivity index (χ2n) is 5.04. The lowest BCUT2D eigenvalue weighted by Crippen LogP contribution is -2.54. The number of nitrogens with zero attached hydrogens (tertiary/aromatic N) is 1. The first-order chi connectivity index (χ1) is 8.60. The number of halogens is 2. The molecule has 1 heterocycles. The molecule has 0 saturated carbocycles. The van der Waals surface area contributed by atoms with E-state index in [1.807, 2.05) is 6.07 Å². The number of rotatable bonds is 3. The van der Waals surface area contributed by atoms with Gasteiger partial charge < -0.3 is 5.32 Å². The summed E-state index contributed by atoms with van der Waals surface area (Å²) in [5.41, 5.74) is 1.22. The predicted molar refractivity (Wildman–Crippen MR) is 81.1 cm³/mol. The fraction of sp³-hybridized carbons (Fsp3) is 0.571. The van der Waals surface area contributed by atoms with Crippen molar-refractivity contribution in [3.8, 4) is 0 Å². The lowest BCUT2D eigenvalue weighted by atomic mass is 10.1. The van der Waals surface area contributed by atoms with Crippen molar-refractivity contribution in [2.24, 2.45) is 0 Å². The smallest absolute Gasteiger partial charge is 0.0462 e. The summed E-state index contributed by atoms with van der Waals surface area (Å²) >= 11 is 9.75. The van der Waals surface area contributed by atoms with Gasteiger partial charge in [0.15, 0.2) is 0 Å². The van der Waals surface area contributed by atoms with Crippen molar-refractivity contribution in [1.29, 1.82) is 0 Å². The Morgan fingerprint density at radius 2 is 2.28 bits per heavy atom. The molecule has 2 unspecified atom stereocenters. The molecule has 0 amide bonds. The molecule has 1 aliphatic rings. The Labute approximate surface area is 123 Å². The molecule has 1 aromatic rings. The summed E-state index contributed by atoms with van der Waals surface area (Å²) in [5, 5.41) is 4.39. The summed E-state index contributed by atoms with van der Waals surface area (Å²) < 4.78 is 1.04. The normalized spacial score (nSPS) is 25.3. The molecule has 1 fully saturated rings. The van der Waals surface area contributed by atoms with Gasteiger partial charge in [0.2, 0.25) is 0 Å². The van der Waals surface area contributed by atoms with Crippen LogP contribution in [0, 0.1) is 0 Å². The zero-order valence-electron chi connectivity index (χ0n) is 10.9. The number of hydrogen-bond donors (Lipinski definition) is 1. The van der Waals surface area contributed by atoms with E-state index in [9.17, 15) is 0 Å². The quantitative estimate of drug-likeness (QED) is 0.909. The van der Waals surface area contributed by atoms with Crippen LogP contribution >= 0.6 is 27.5 Å². The van der Waals surface area contributed by atoms with Crippen LogP contribution in [-0.4, -0.2) is 30.1 Å². The van der Waals surface area contributed by atoms with E-state index in [-0.39, 0.29) is 0 Å². The monoisotopic (exact) mass is 330 g/mol. The number of benzene rings is 1. The first-order valence-electron chi connectivity index (χ1n) is 6.51. The molecule has 1 aromatic carbocycles. The van der Waals surface area contributed by atoms with Crippen LogP contribution in [-0.2, 0) is 6.54 Å². The minimum atomic E-state index is 0.557. The van der Waals surface area contributed by atoms with Crippen LogP contribution in [0.4, 0.5) is 0 Å². The van der Waals surface area contributed by atoms with Gasteiger partial charge in [-0.15, -0.1) is 0 Å². The van der Waals surface area contributed by atoms with Gasteiger partial charge in [0, 0.05) is 41.2 Å². The van der Waals surface area contributed by atoms with Crippen LogP contribution < -0.4 is 5.32 Å². The molecular weight excluding hydrogens is 312 g/mol. The zero-order chi connectivity index (χ0) is 13.1. The summed E-state index contributed by atoms with van der Waals surface area (Å²) in [6.07, 6.45) is 1.17. The second-order valence-corrected chi connectivity index (χ2v) is 6.36. The number of nitrogens with one attached hydrogen (secondary N) is 1. The fourth-order valence-corrected chi connectivity index (χ4v) is 3.23. The van der Waals surface area contributed by atoms with Gasteiger partial charge in [0.1, 0.15) is 0 Å². The SMILES string of the molecule is CCC1CNC(C)CN1Cc1ccc(Br)cc1Cl. The van der Waals surface area contributed by atoms with Gasteiger partial charge in [-0.25, -0.2) is 0 Å². The molecule has 2 atom stereocenters. The minimum absolute atomic E-state index is 0.557. The highest BCUT2D eigenvalue weighted by Crippen LogP contribution is 2.24. The van der Waals surface area contributed by atoms with E-state index >= 15 is 0 Å². The van der Waals surface area contributed by atoms with E-state index in [2.05, 4.69) is 52.1 Å². The Kier molecular flexibility index (Phi) is 5.07. The summed E-state index contributed by atoms with van der Waals surface area (Å²) in [6.45, 7) is 7.59. The van der Waals surface area contributed by atoms with Crippen LogP contribution in [0.5, 0.6) is 0 Å². The summed E-state index contributed by atoms with van der Waals surface area (Å²) in [5.74, 6) is 0. The average Bonchev–Trinajstić information content (AvgIpc) is 2.33. The third-order valence-corrected chi connectivity index (χ3v) is 4.43. The van der Waals surface area contributed by atoms with Gasteiger partial charge >= 0.3 is 0 Å². The predicted octanol–water partition coefficient (Wildman–Crippen LogP) is 3.67. The van der Waals surface area contributed by atoms with E-state index in [1.165, 1.54) is 12.0 Å². The molecule has 18 heavy (non-hydrogen) atoms. The second kappa shape index (κ2) is 6.38. The Hall–Kier alpha value is -0.0900. The number of hydrogen-bond acceptors (Lipinski definition) is 2. The summed E-state index contributed by atoms with van der Waals surface area (Å²) in [7, 11) is 0. The standard InChI is InChI=1S/C14H20BrClN2/c1-3-13-7-17-10(2)8-18(13)9-11-4-5-12(15)6-14(11)16/h4-6,10,13,17H,3,7-9H2,1-2H3. The molecule has 1 saturated heterocycles. The Morgan fingerprint density at radius 3 is 2.94 bits per heavy atom. The van der Waals surface area contributed by atoms with E-state index in [0.29, 0.717) is 12.1 Å². The van der Waals surface area contributed by atoms with Crippen LogP contribution in [0.15, 0.2) is 22.7 Å². The maximum atomic E-state index is 6.30. The van der Waals surface area contributed by atoms with Gasteiger partial charge in [-0.3, -0.25) is 4.90 Å². The topological polar surface area (TPSA) is 15.3 Å². The van der Waals surface area contributed by atoms with Gasteiger partial charge in [0.25, 0.3) is 0 Å². The van der Waals surface area contributed by atoms with Crippen molar-refractivity contribution in [2.45, 2.75) is 38.9 Å². The van der Waals surface area contributed by atoms with Gasteiger partial charge in [-0.05, 0) is 31.0 Å². The maximum absolute atomic E-state index is 6.30. The third kappa shape index (κ3) is 3.47. The molecule has 4 heteroatoms. The van der Waals surface area contributed by atoms with Crippen LogP contribution in [0.2, 0.25) is 5.02 Å². The average molecular weight is 332 g/mol. The van der Waals surface area contributed by atoms with E-state index < -0.39 is 0 Å². The van der Waals surface area contributed by atoms with Gasteiger partial charge in [-0.2, -0.15) is 0 Å². The molecule has 0 aliphatic carbocycles. The molecule has 0 bridgehead atoms. The molecule has 2 rings (SSSR count). The zero-order valence-corrected chi connectivity index (χ0v) is 13.3.